The molecule has 0 saturated carbocycles. The minimum Gasteiger partial charge on any atom is -0.497 e. The van der Waals surface area contributed by atoms with Gasteiger partial charge in [-0.25, -0.2) is 4.90 Å². The predicted molar refractivity (Wildman–Crippen MR) is 125 cm³/mol. The number of anilines is 1. The second-order valence-corrected chi connectivity index (χ2v) is 8.73. The second-order valence-electron chi connectivity index (χ2n) is 8.73. The van der Waals surface area contributed by atoms with E-state index in [1.165, 1.54) is 4.90 Å². The van der Waals surface area contributed by atoms with Crippen LogP contribution in [0.25, 0.3) is 5.57 Å². The molecule has 1 fully saturated rings. The molecule has 0 atom stereocenters. The van der Waals surface area contributed by atoms with Gasteiger partial charge in [-0.1, -0.05) is 19.1 Å². The summed E-state index contributed by atoms with van der Waals surface area (Å²) in [6.07, 6.45) is 2.05. The molecule has 2 amide bonds. The van der Waals surface area contributed by atoms with Gasteiger partial charge in [0.15, 0.2) is 0 Å². The Labute approximate surface area is 189 Å². The van der Waals surface area contributed by atoms with Crippen molar-refractivity contribution in [1.82, 2.24) is 4.90 Å². The number of carbonyl (C=O) groups excluding carboxylic acids is 2. The Bertz CT molecular complexity index is 1020. The van der Waals surface area contributed by atoms with E-state index in [4.69, 9.17) is 9.47 Å². The van der Waals surface area contributed by atoms with E-state index in [9.17, 15) is 9.59 Å². The van der Waals surface area contributed by atoms with Crippen molar-refractivity contribution < 1.29 is 19.1 Å². The molecule has 2 aliphatic rings. The number of hydrogen-bond donors (Lipinski definition) is 0. The number of benzene rings is 2. The number of likely N-dealkylation sites (tertiary alicyclic amines) is 1. The number of carbonyl (C=O) groups is 2. The van der Waals surface area contributed by atoms with Gasteiger partial charge in [0.05, 0.1) is 24.5 Å². The fourth-order valence-corrected chi connectivity index (χ4v) is 4.24. The average molecular weight is 435 g/mol. The van der Waals surface area contributed by atoms with Crippen LogP contribution in [0, 0.1) is 5.92 Å². The van der Waals surface area contributed by atoms with Crippen LogP contribution < -0.4 is 14.4 Å². The summed E-state index contributed by atoms with van der Waals surface area (Å²) in [5.41, 5.74) is 2.21. The van der Waals surface area contributed by atoms with Crippen LogP contribution in [0.5, 0.6) is 11.5 Å². The van der Waals surface area contributed by atoms with Gasteiger partial charge in [0.2, 0.25) is 0 Å². The first-order valence-corrected chi connectivity index (χ1v) is 11.2. The van der Waals surface area contributed by atoms with Crippen LogP contribution in [0.1, 0.15) is 39.2 Å². The summed E-state index contributed by atoms with van der Waals surface area (Å²) in [5, 5.41) is 0. The summed E-state index contributed by atoms with van der Waals surface area (Å²) in [4.78, 5) is 30.6. The molecule has 0 radical (unpaired) electrons. The standard InChI is InChI=1S/C26H30N2O4/c1-17(2)32-22-11-7-20(8-12-22)28-25(29)23(19-5-9-21(31-4)10-6-19)24(26(28)30)27-15-13-18(3)14-16-27/h5-12,17-18H,13-16H2,1-4H3. The Morgan fingerprint density at radius 3 is 2.03 bits per heavy atom. The number of hydrogen-bond acceptors (Lipinski definition) is 5. The lowest BCUT2D eigenvalue weighted by molar-refractivity contribution is -0.120. The van der Waals surface area contributed by atoms with Crippen molar-refractivity contribution in [1.29, 1.82) is 0 Å². The van der Waals surface area contributed by atoms with Crippen molar-refractivity contribution in [3.05, 3.63) is 59.8 Å². The molecule has 4 rings (SSSR count). The largest absolute Gasteiger partial charge is 0.497 e. The molecule has 0 aromatic heterocycles. The van der Waals surface area contributed by atoms with E-state index >= 15 is 0 Å². The topological polar surface area (TPSA) is 59.1 Å². The van der Waals surface area contributed by atoms with Gasteiger partial charge in [0.25, 0.3) is 11.8 Å². The van der Waals surface area contributed by atoms with Crippen molar-refractivity contribution in [2.24, 2.45) is 5.92 Å². The minimum absolute atomic E-state index is 0.0485. The molecule has 0 N–H and O–H groups in total. The fourth-order valence-electron chi connectivity index (χ4n) is 4.24. The number of piperidine rings is 1. The lowest BCUT2D eigenvalue weighted by atomic mass is 9.97. The molecule has 1 saturated heterocycles. The Morgan fingerprint density at radius 2 is 1.47 bits per heavy atom. The minimum atomic E-state index is -0.300. The van der Waals surface area contributed by atoms with E-state index < -0.39 is 0 Å². The highest BCUT2D eigenvalue weighted by molar-refractivity contribution is 6.45. The second kappa shape index (κ2) is 9.07. The third kappa shape index (κ3) is 4.22. The van der Waals surface area contributed by atoms with E-state index in [2.05, 4.69) is 11.8 Å². The van der Waals surface area contributed by atoms with Crippen LogP contribution >= 0.6 is 0 Å². The first-order chi connectivity index (χ1) is 15.4. The van der Waals surface area contributed by atoms with Gasteiger partial charge in [-0.15, -0.1) is 0 Å². The van der Waals surface area contributed by atoms with Crippen LogP contribution in [-0.2, 0) is 9.59 Å². The zero-order valence-electron chi connectivity index (χ0n) is 19.1. The Balaban J connectivity index is 1.72. The Kier molecular flexibility index (Phi) is 6.21. The normalized spacial score (nSPS) is 17.5. The number of rotatable bonds is 6. The van der Waals surface area contributed by atoms with Crippen LogP contribution in [0.15, 0.2) is 54.2 Å². The highest BCUT2D eigenvalue weighted by atomic mass is 16.5. The SMILES string of the molecule is COc1ccc(C2=C(N3CCC(C)CC3)C(=O)N(c3ccc(OC(C)C)cc3)C2=O)cc1. The molecule has 0 aliphatic carbocycles. The number of methoxy groups -OCH3 is 1. The van der Waals surface area contributed by atoms with Crippen molar-refractivity contribution in [3.63, 3.8) is 0 Å². The molecule has 0 unspecified atom stereocenters. The monoisotopic (exact) mass is 434 g/mol. The van der Waals surface area contributed by atoms with Gasteiger partial charge in [-0.2, -0.15) is 0 Å². The molecule has 2 aliphatic heterocycles. The van der Waals surface area contributed by atoms with Crippen LogP contribution in [0.3, 0.4) is 0 Å². The fraction of sp³-hybridized carbons (Fsp3) is 0.385. The molecule has 2 aromatic carbocycles. The zero-order chi connectivity index (χ0) is 22.8. The predicted octanol–water partition coefficient (Wildman–Crippen LogP) is 4.50. The molecular formula is C26H30N2O4. The van der Waals surface area contributed by atoms with E-state index in [1.54, 1.807) is 31.4 Å². The van der Waals surface area contributed by atoms with Crippen molar-refractivity contribution >= 4 is 23.1 Å². The van der Waals surface area contributed by atoms with E-state index in [0.29, 0.717) is 34.4 Å². The van der Waals surface area contributed by atoms with Gasteiger partial charge in [-0.05, 0) is 74.6 Å². The highest BCUT2D eigenvalue weighted by Gasteiger charge is 2.43. The molecule has 0 bridgehead atoms. The first kappa shape index (κ1) is 21.9. The highest BCUT2D eigenvalue weighted by Crippen LogP contribution is 2.37. The number of nitrogens with zero attached hydrogens (tertiary/aromatic N) is 2. The molecular weight excluding hydrogens is 404 g/mol. The number of amides is 2. The van der Waals surface area contributed by atoms with Crippen molar-refractivity contribution in [2.45, 2.75) is 39.7 Å². The molecule has 32 heavy (non-hydrogen) atoms. The maximum atomic E-state index is 13.6. The summed E-state index contributed by atoms with van der Waals surface area (Å²) in [7, 11) is 1.60. The summed E-state index contributed by atoms with van der Waals surface area (Å²) in [6.45, 7) is 7.68. The van der Waals surface area contributed by atoms with Crippen molar-refractivity contribution in [3.8, 4) is 11.5 Å². The summed E-state index contributed by atoms with van der Waals surface area (Å²) >= 11 is 0. The Hall–Kier alpha value is -3.28. The maximum absolute atomic E-state index is 13.6. The maximum Gasteiger partial charge on any atom is 0.282 e. The molecule has 2 heterocycles. The molecule has 0 spiro atoms. The lowest BCUT2D eigenvalue weighted by Crippen LogP contribution is -2.38. The summed E-state index contributed by atoms with van der Waals surface area (Å²) in [5.74, 6) is 1.46. The number of ether oxygens (including phenoxy) is 2. The van der Waals surface area contributed by atoms with Crippen LogP contribution in [0.4, 0.5) is 5.69 Å². The van der Waals surface area contributed by atoms with Gasteiger partial charge < -0.3 is 14.4 Å². The first-order valence-electron chi connectivity index (χ1n) is 11.2. The smallest absolute Gasteiger partial charge is 0.282 e. The van der Waals surface area contributed by atoms with Crippen molar-refractivity contribution in [2.75, 3.05) is 25.1 Å². The summed E-state index contributed by atoms with van der Waals surface area (Å²) in [6, 6.07) is 14.4. The third-order valence-electron chi connectivity index (χ3n) is 6.00. The molecule has 6 nitrogen and oxygen atoms in total. The van der Waals surface area contributed by atoms with E-state index in [0.717, 1.165) is 31.5 Å². The van der Waals surface area contributed by atoms with Gasteiger partial charge in [-0.3, -0.25) is 9.59 Å². The summed E-state index contributed by atoms with van der Waals surface area (Å²) < 4.78 is 11.0. The average Bonchev–Trinajstić information content (AvgIpc) is 3.05. The molecule has 168 valence electrons. The van der Waals surface area contributed by atoms with Gasteiger partial charge >= 0.3 is 0 Å². The number of imide groups is 1. The van der Waals surface area contributed by atoms with E-state index in [1.807, 2.05) is 38.1 Å². The third-order valence-corrected chi connectivity index (χ3v) is 6.00. The quantitative estimate of drug-likeness (QED) is 0.627. The molecule has 6 heteroatoms. The van der Waals surface area contributed by atoms with E-state index in [-0.39, 0.29) is 17.9 Å². The molecule has 2 aromatic rings. The Morgan fingerprint density at radius 1 is 0.875 bits per heavy atom. The van der Waals surface area contributed by atoms with Crippen LogP contribution in [0.2, 0.25) is 0 Å². The van der Waals surface area contributed by atoms with Gasteiger partial charge in [0, 0.05) is 13.1 Å². The lowest BCUT2D eigenvalue weighted by Gasteiger charge is -2.32. The van der Waals surface area contributed by atoms with Gasteiger partial charge in [0.1, 0.15) is 17.2 Å². The zero-order valence-corrected chi connectivity index (χ0v) is 19.1. The van der Waals surface area contributed by atoms with Crippen LogP contribution in [-0.4, -0.2) is 43.0 Å².